The number of benzene rings is 1. The predicted molar refractivity (Wildman–Crippen MR) is 79.9 cm³/mol. The van der Waals surface area contributed by atoms with Gasteiger partial charge in [0, 0.05) is 17.8 Å². The van der Waals surface area contributed by atoms with Gasteiger partial charge in [-0.3, -0.25) is 4.98 Å². The summed E-state index contributed by atoms with van der Waals surface area (Å²) in [4.78, 5) is 4.90. The van der Waals surface area contributed by atoms with Crippen LogP contribution in [0.15, 0.2) is 42.0 Å². The fourth-order valence-electron chi connectivity index (χ4n) is 2.16. The Balaban J connectivity index is 2.17. The van der Waals surface area contributed by atoms with Crippen LogP contribution in [0.5, 0.6) is 0 Å². The Hall–Kier alpha value is -1.42. The van der Waals surface area contributed by atoms with E-state index in [0.29, 0.717) is 5.02 Å². The molecule has 0 bridgehead atoms. The molecule has 0 saturated heterocycles. The summed E-state index contributed by atoms with van der Waals surface area (Å²) in [6, 6.07) is 7.76. The molecular weight excluding hydrogens is 278 g/mol. The van der Waals surface area contributed by atoms with Gasteiger partial charge in [-0.15, -0.1) is 11.3 Å². The van der Waals surface area contributed by atoms with Crippen LogP contribution in [0.25, 0.3) is 10.8 Å². The van der Waals surface area contributed by atoms with E-state index in [0.717, 1.165) is 26.8 Å². The van der Waals surface area contributed by atoms with Crippen LogP contribution in [0.4, 0.5) is 0 Å². The second-order valence-corrected chi connectivity index (χ2v) is 5.73. The third-order valence-electron chi connectivity index (χ3n) is 3.18. The zero-order valence-corrected chi connectivity index (χ0v) is 11.9. The number of rotatable bonds is 2. The second kappa shape index (κ2) is 4.93. The Kier molecular flexibility index (Phi) is 3.27. The third-order valence-corrected chi connectivity index (χ3v) is 4.95. The third kappa shape index (κ3) is 2.14. The Bertz CT molecular complexity index is 733. The number of hydrogen-bond donors (Lipinski definition) is 1. The van der Waals surface area contributed by atoms with E-state index >= 15 is 0 Å². The number of halogens is 1. The van der Waals surface area contributed by atoms with Gasteiger partial charge < -0.3 is 5.11 Å². The molecule has 2 nitrogen and oxygen atoms in total. The molecule has 0 aliphatic heterocycles. The maximum absolute atomic E-state index is 10.6. The molecular formula is C15H12ClNOS. The highest BCUT2D eigenvalue weighted by atomic mass is 35.5. The van der Waals surface area contributed by atoms with Crippen LogP contribution >= 0.6 is 22.9 Å². The highest BCUT2D eigenvalue weighted by molar-refractivity contribution is 7.10. The Morgan fingerprint density at radius 3 is 2.89 bits per heavy atom. The summed E-state index contributed by atoms with van der Waals surface area (Å²) in [6.07, 6.45) is 2.84. The molecule has 96 valence electrons. The average molecular weight is 290 g/mol. The zero-order valence-electron chi connectivity index (χ0n) is 10.3. The summed E-state index contributed by atoms with van der Waals surface area (Å²) in [7, 11) is 0. The lowest BCUT2D eigenvalue weighted by Crippen LogP contribution is -1.99. The summed E-state index contributed by atoms with van der Waals surface area (Å²) < 4.78 is 0. The van der Waals surface area contributed by atoms with Gasteiger partial charge in [-0.1, -0.05) is 29.8 Å². The minimum absolute atomic E-state index is 0.656. The van der Waals surface area contributed by atoms with Crippen molar-refractivity contribution in [2.45, 2.75) is 13.0 Å². The fourth-order valence-corrected chi connectivity index (χ4v) is 3.46. The molecule has 1 N–H and O–H groups in total. The normalized spacial score (nSPS) is 12.8. The van der Waals surface area contributed by atoms with Gasteiger partial charge in [0.1, 0.15) is 6.10 Å². The van der Waals surface area contributed by atoms with Crippen molar-refractivity contribution >= 4 is 33.7 Å². The van der Waals surface area contributed by atoms with Gasteiger partial charge in [0.2, 0.25) is 0 Å². The second-order valence-electron chi connectivity index (χ2n) is 4.44. The number of aromatic nitrogens is 1. The number of aryl methyl sites for hydroxylation is 1. The molecule has 0 spiro atoms. The smallest absolute Gasteiger partial charge is 0.115 e. The molecule has 4 heteroatoms. The Morgan fingerprint density at radius 1 is 1.32 bits per heavy atom. The molecule has 2 heterocycles. The first-order valence-electron chi connectivity index (χ1n) is 5.92. The largest absolute Gasteiger partial charge is 0.383 e. The highest BCUT2D eigenvalue weighted by Crippen LogP contribution is 2.37. The first kappa shape index (κ1) is 12.6. The van der Waals surface area contributed by atoms with Crippen LogP contribution in [0.3, 0.4) is 0 Å². The summed E-state index contributed by atoms with van der Waals surface area (Å²) in [5.74, 6) is 0. The summed E-state index contributed by atoms with van der Waals surface area (Å²) in [5.41, 5.74) is 1.87. The zero-order chi connectivity index (χ0) is 13.4. The number of nitrogens with zero attached hydrogens (tertiary/aromatic N) is 1. The van der Waals surface area contributed by atoms with E-state index < -0.39 is 6.10 Å². The van der Waals surface area contributed by atoms with E-state index in [2.05, 4.69) is 4.98 Å². The number of aliphatic hydroxyl groups excluding tert-OH is 1. The van der Waals surface area contributed by atoms with Crippen LogP contribution in [0.2, 0.25) is 5.02 Å². The fraction of sp³-hybridized carbons (Fsp3) is 0.133. The van der Waals surface area contributed by atoms with Crippen LogP contribution in [-0.2, 0) is 0 Å². The molecule has 1 atom stereocenters. The quantitative estimate of drug-likeness (QED) is 0.761. The van der Waals surface area contributed by atoms with Crippen molar-refractivity contribution in [2.24, 2.45) is 0 Å². The minimum Gasteiger partial charge on any atom is -0.383 e. The number of aliphatic hydroxyl groups is 1. The standard InChI is InChI=1S/C15H12ClNOS/c1-9-8-19-15(13(9)16)14(18)12-4-2-3-10-7-17-6-5-11(10)12/h2-8,14,18H,1H3. The predicted octanol–water partition coefficient (Wildman–Crippen LogP) is 4.34. The van der Waals surface area contributed by atoms with Gasteiger partial charge >= 0.3 is 0 Å². The van der Waals surface area contributed by atoms with Crippen LogP contribution < -0.4 is 0 Å². The highest BCUT2D eigenvalue weighted by Gasteiger charge is 2.19. The van der Waals surface area contributed by atoms with E-state index in [1.165, 1.54) is 11.3 Å². The van der Waals surface area contributed by atoms with Crippen LogP contribution in [0.1, 0.15) is 22.1 Å². The monoisotopic (exact) mass is 289 g/mol. The van der Waals surface area contributed by atoms with Crippen LogP contribution in [-0.4, -0.2) is 10.1 Å². The first-order valence-corrected chi connectivity index (χ1v) is 7.18. The number of pyridine rings is 1. The van der Waals surface area contributed by atoms with Crippen LogP contribution in [0, 0.1) is 6.92 Å². The van der Waals surface area contributed by atoms with Gasteiger partial charge in [-0.25, -0.2) is 0 Å². The lowest BCUT2D eigenvalue weighted by Gasteiger charge is -2.13. The van der Waals surface area contributed by atoms with Gasteiger partial charge in [0.15, 0.2) is 0 Å². The average Bonchev–Trinajstić information content (AvgIpc) is 2.78. The summed E-state index contributed by atoms with van der Waals surface area (Å²) >= 11 is 7.73. The molecule has 3 rings (SSSR count). The van der Waals surface area contributed by atoms with Crippen molar-refractivity contribution in [1.29, 1.82) is 0 Å². The summed E-state index contributed by atoms with van der Waals surface area (Å²) in [5, 5.41) is 15.2. The van der Waals surface area contributed by atoms with Gasteiger partial charge in [-0.2, -0.15) is 0 Å². The molecule has 0 aliphatic carbocycles. The lowest BCUT2D eigenvalue weighted by atomic mass is 10.0. The lowest BCUT2D eigenvalue weighted by molar-refractivity contribution is 0.226. The number of thiophene rings is 1. The molecule has 2 aromatic heterocycles. The Labute approximate surface area is 120 Å². The van der Waals surface area contributed by atoms with E-state index in [4.69, 9.17) is 11.6 Å². The van der Waals surface area contributed by atoms with Crippen molar-refractivity contribution < 1.29 is 5.11 Å². The van der Waals surface area contributed by atoms with Gasteiger partial charge in [0.05, 0.1) is 9.90 Å². The molecule has 19 heavy (non-hydrogen) atoms. The van der Waals surface area contributed by atoms with E-state index in [1.54, 1.807) is 12.4 Å². The van der Waals surface area contributed by atoms with Crippen molar-refractivity contribution in [3.63, 3.8) is 0 Å². The SMILES string of the molecule is Cc1csc(C(O)c2cccc3cnccc23)c1Cl. The van der Waals surface area contributed by atoms with E-state index in [1.807, 2.05) is 36.6 Å². The van der Waals surface area contributed by atoms with E-state index in [9.17, 15) is 5.11 Å². The van der Waals surface area contributed by atoms with Crippen molar-refractivity contribution in [3.8, 4) is 0 Å². The summed E-state index contributed by atoms with van der Waals surface area (Å²) in [6.45, 7) is 1.95. The van der Waals surface area contributed by atoms with Crippen molar-refractivity contribution in [3.05, 3.63) is 63.1 Å². The molecule has 3 aromatic rings. The number of fused-ring (bicyclic) bond motifs is 1. The van der Waals surface area contributed by atoms with Gasteiger partial charge in [0.25, 0.3) is 0 Å². The molecule has 0 amide bonds. The molecule has 0 saturated carbocycles. The molecule has 1 aromatic carbocycles. The Morgan fingerprint density at radius 2 is 2.16 bits per heavy atom. The first-order chi connectivity index (χ1) is 9.18. The molecule has 0 radical (unpaired) electrons. The molecule has 0 fully saturated rings. The topological polar surface area (TPSA) is 33.1 Å². The minimum atomic E-state index is -0.697. The molecule has 1 unspecified atom stereocenters. The number of hydrogen-bond acceptors (Lipinski definition) is 3. The maximum atomic E-state index is 10.6. The van der Waals surface area contributed by atoms with Crippen molar-refractivity contribution in [1.82, 2.24) is 4.98 Å². The molecule has 0 aliphatic rings. The van der Waals surface area contributed by atoms with Gasteiger partial charge in [-0.05, 0) is 34.9 Å². The van der Waals surface area contributed by atoms with E-state index in [-0.39, 0.29) is 0 Å². The van der Waals surface area contributed by atoms with Crippen molar-refractivity contribution in [2.75, 3.05) is 0 Å². The maximum Gasteiger partial charge on any atom is 0.115 e.